The van der Waals surface area contributed by atoms with E-state index in [4.69, 9.17) is 5.73 Å². The molecule has 146 valence electrons. The van der Waals surface area contributed by atoms with Crippen LogP contribution in [0.25, 0.3) is 10.9 Å². The average molecular weight is 508 g/mol. The van der Waals surface area contributed by atoms with E-state index in [0.29, 0.717) is 17.5 Å². The van der Waals surface area contributed by atoms with Crippen LogP contribution in [0.3, 0.4) is 0 Å². The van der Waals surface area contributed by atoms with Gasteiger partial charge < -0.3 is 21.5 Å². The molecule has 1 saturated carbocycles. The Morgan fingerprint density at radius 3 is 2.43 bits per heavy atom. The monoisotopic (exact) mass is 506 g/mol. The molecule has 2 aromatic heterocycles. The number of nitrogen functional groups attached to an aromatic ring is 1. The second kappa shape index (κ2) is 8.18. The second-order valence-electron chi connectivity index (χ2n) is 6.94. The first kappa shape index (κ1) is 19.4. The molecule has 1 aliphatic carbocycles. The van der Waals surface area contributed by atoms with Gasteiger partial charge in [0.15, 0.2) is 0 Å². The predicted molar refractivity (Wildman–Crippen MR) is 119 cm³/mol. The molecule has 5 N–H and O–H groups in total. The molecule has 1 aromatic carbocycles. The largest absolute Gasteiger partial charge is 0.397 e. The van der Waals surface area contributed by atoms with Crippen molar-refractivity contribution in [3.05, 3.63) is 39.7 Å². The van der Waals surface area contributed by atoms with Crippen molar-refractivity contribution in [1.29, 1.82) is 0 Å². The van der Waals surface area contributed by atoms with Gasteiger partial charge in [-0.2, -0.15) is 0 Å². The summed E-state index contributed by atoms with van der Waals surface area (Å²) in [6, 6.07) is 6.09. The topological polar surface area (TPSA) is 109 Å². The molecule has 2 heterocycles. The third kappa shape index (κ3) is 4.21. The molecule has 0 saturated heterocycles. The number of nitrogens with one attached hydrogen (secondary N) is 2. The van der Waals surface area contributed by atoms with Crippen LogP contribution >= 0.6 is 31.9 Å². The Labute approximate surface area is 179 Å². The first-order valence-electron chi connectivity index (χ1n) is 9.06. The maximum Gasteiger partial charge on any atom is 0.141 e. The minimum Gasteiger partial charge on any atom is -0.397 e. The molecular formula is C19H20Br2N6O. The van der Waals surface area contributed by atoms with Crippen molar-refractivity contribution in [3.63, 3.8) is 0 Å². The molecule has 0 bridgehead atoms. The molecule has 1 aliphatic rings. The van der Waals surface area contributed by atoms with Crippen molar-refractivity contribution < 1.29 is 5.11 Å². The molecule has 0 aliphatic heterocycles. The highest BCUT2D eigenvalue weighted by Gasteiger charge is 2.19. The van der Waals surface area contributed by atoms with E-state index in [1.54, 1.807) is 6.20 Å². The Kier molecular flexibility index (Phi) is 5.65. The van der Waals surface area contributed by atoms with Gasteiger partial charge in [0.1, 0.15) is 18.0 Å². The van der Waals surface area contributed by atoms with Gasteiger partial charge in [-0.3, -0.25) is 0 Å². The molecule has 0 radical (unpaired) electrons. The van der Waals surface area contributed by atoms with E-state index in [1.165, 1.54) is 6.33 Å². The van der Waals surface area contributed by atoms with Gasteiger partial charge in [-0.05, 0) is 75.7 Å². The van der Waals surface area contributed by atoms with Crippen LogP contribution in [0.5, 0.6) is 0 Å². The Hall–Kier alpha value is -1.97. The normalized spacial score (nSPS) is 19.5. The number of rotatable bonds is 4. The SMILES string of the molecule is Nc1c(Br)cc(Nc2ncnc3cnc(NC4CCC(O)CC4)cc23)cc1Br. The van der Waals surface area contributed by atoms with Gasteiger partial charge in [0.25, 0.3) is 0 Å². The fourth-order valence-corrected chi connectivity index (χ4v) is 4.55. The van der Waals surface area contributed by atoms with Crippen molar-refractivity contribution >= 4 is 65.8 Å². The standard InChI is InChI=1S/C19H20Br2N6O/c20-14-5-11(6-15(21)18(14)22)27-19-13-7-17(23-8-16(13)24-9-25-19)26-10-1-3-12(28)4-2-10/h5-10,12,28H,1-4,22H2,(H,23,26)(H,24,25,27). The van der Waals surface area contributed by atoms with Crippen LogP contribution in [-0.2, 0) is 0 Å². The number of hydrogen-bond acceptors (Lipinski definition) is 7. The zero-order valence-electron chi connectivity index (χ0n) is 15.0. The van der Waals surface area contributed by atoms with Gasteiger partial charge in [-0.25, -0.2) is 15.0 Å². The van der Waals surface area contributed by atoms with Gasteiger partial charge in [0.05, 0.1) is 23.5 Å². The van der Waals surface area contributed by atoms with Crippen LogP contribution in [0.1, 0.15) is 25.7 Å². The van der Waals surface area contributed by atoms with Gasteiger partial charge in [0.2, 0.25) is 0 Å². The fraction of sp³-hybridized carbons (Fsp3) is 0.316. The first-order valence-corrected chi connectivity index (χ1v) is 10.6. The molecule has 7 nitrogen and oxygen atoms in total. The van der Waals surface area contributed by atoms with Crippen molar-refractivity contribution in [3.8, 4) is 0 Å². The number of aliphatic hydroxyl groups excluding tert-OH is 1. The lowest BCUT2D eigenvalue weighted by molar-refractivity contribution is 0.126. The zero-order chi connectivity index (χ0) is 19.7. The number of aromatic nitrogens is 3. The number of aliphatic hydroxyl groups is 1. The number of fused-ring (bicyclic) bond motifs is 1. The van der Waals surface area contributed by atoms with E-state index in [-0.39, 0.29) is 6.10 Å². The Morgan fingerprint density at radius 2 is 1.71 bits per heavy atom. The first-order chi connectivity index (χ1) is 13.5. The average Bonchev–Trinajstić information content (AvgIpc) is 2.68. The highest BCUT2D eigenvalue weighted by atomic mass is 79.9. The fourth-order valence-electron chi connectivity index (χ4n) is 3.36. The zero-order valence-corrected chi connectivity index (χ0v) is 18.2. The lowest BCUT2D eigenvalue weighted by Crippen LogP contribution is -2.28. The summed E-state index contributed by atoms with van der Waals surface area (Å²) in [6.45, 7) is 0. The van der Waals surface area contributed by atoms with E-state index in [2.05, 4.69) is 57.4 Å². The number of nitrogens with two attached hydrogens (primary N) is 1. The maximum absolute atomic E-state index is 9.68. The Balaban J connectivity index is 1.61. The molecule has 0 unspecified atom stereocenters. The summed E-state index contributed by atoms with van der Waals surface area (Å²) in [5, 5.41) is 17.4. The van der Waals surface area contributed by atoms with Crippen molar-refractivity contribution in [2.45, 2.75) is 37.8 Å². The summed E-state index contributed by atoms with van der Waals surface area (Å²) in [7, 11) is 0. The van der Waals surface area contributed by atoms with Crippen LogP contribution in [0, 0.1) is 0 Å². The lowest BCUT2D eigenvalue weighted by Gasteiger charge is -2.26. The predicted octanol–water partition coefficient (Wildman–Crippen LogP) is 4.59. The molecular weight excluding hydrogens is 488 g/mol. The van der Waals surface area contributed by atoms with E-state index in [9.17, 15) is 5.11 Å². The van der Waals surface area contributed by atoms with Crippen molar-refractivity contribution in [2.24, 2.45) is 0 Å². The highest BCUT2D eigenvalue weighted by Crippen LogP contribution is 2.34. The van der Waals surface area contributed by atoms with Gasteiger partial charge in [0, 0.05) is 26.1 Å². The maximum atomic E-state index is 9.68. The van der Waals surface area contributed by atoms with Crippen molar-refractivity contribution in [1.82, 2.24) is 15.0 Å². The lowest BCUT2D eigenvalue weighted by atomic mass is 9.93. The van der Waals surface area contributed by atoms with Crippen LogP contribution in [-0.4, -0.2) is 32.2 Å². The molecule has 4 rings (SSSR count). The van der Waals surface area contributed by atoms with Gasteiger partial charge >= 0.3 is 0 Å². The number of benzene rings is 1. The van der Waals surface area contributed by atoms with E-state index >= 15 is 0 Å². The van der Waals surface area contributed by atoms with Crippen LogP contribution in [0.4, 0.5) is 23.0 Å². The smallest absolute Gasteiger partial charge is 0.141 e. The van der Waals surface area contributed by atoms with Gasteiger partial charge in [-0.15, -0.1) is 0 Å². The summed E-state index contributed by atoms with van der Waals surface area (Å²) in [5.74, 6) is 1.48. The minimum atomic E-state index is -0.176. The summed E-state index contributed by atoms with van der Waals surface area (Å²) < 4.78 is 1.59. The summed E-state index contributed by atoms with van der Waals surface area (Å²) in [5.41, 5.74) is 8.23. The molecule has 3 aromatic rings. The Bertz CT molecular complexity index is 984. The minimum absolute atomic E-state index is 0.176. The van der Waals surface area contributed by atoms with Crippen LogP contribution < -0.4 is 16.4 Å². The molecule has 0 spiro atoms. The molecule has 9 heteroatoms. The molecule has 28 heavy (non-hydrogen) atoms. The van der Waals surface area contributed by atoms with Crippen molar-refractivity contribution in [2.75, 3.05) is 16.4 Å². The van der Waals surface area contributed by atoms with Crippen LogP contribution in [0.15, 0.2) is 39.7 Å². The van der Waals surface area contributed by atoms with E-state index in [0.717, 1.165) is 57.0 Å². The van der Waals surface area contributed by atoms with E-state index < -0.39 is 0 Å². The number of pyridine rings is 1. The van der Waals surface area contributed by atoms with E-state index in [1.807, 2.05) is 18.2 Å². The molecule has 0 atom stereocenters. The summed E-state index contributed by atoms with van der Waals surface area (Å²) in [6.07, 6.45) is 6.60. The summed E-state index contributed by atoms with van der Waals surface area (Å²) in [4.78, 5) is 13.2. The number of hydrogen-bond donors (Lipinski definition) is 4. The number of halogens is 2. The second-order valence-corrected chi connectivity index (χ2v) is 8.65. The highest BCUT2D eigenvalue weighted by molar-refractivity contribution is 9.11. The number of nitrogens with zero attached hydrogens (tertiary/aromatic N) is 3. The molecule has 1 fully saturated rings. The molecule has 0 amide bonds. The van der Waals surface area contributed by atoms with Gasteiger partial charge in [-0.1, -0.05) is 0 Å². The Morgan fingerprint density at radius 1 is 1.00 bits per heavy atom. The third-order valence-corrected chi connectivity index (χ3v) is 6.22. The third-order valence-electron chi connectivity index (χ3n) is 4.91. The quantitative estimate of drug-likeness (QED) is 0.382. The summed E-state index contributed by atoms with van der Waals surface area (Å²) >= 11 is 6.93. The number of anilines is 4. The van der Waals surface area contributed by atoms with Crippen LogP contribution in [0.2, 0.25) is 0 Å².